The van der Waals surface area contributed by atoms with Crippen molar-refractivity contribution in [2.45, 2.75) is 13.6 Å². The summed E-state index contributed by atoms with van der Waals surface area (Å²) in [6.45, 7) is 3.17. The van der Waals surface area contributed by atoms with Crippen molar-refractivity contribution >= 4 is 29.7 Å². The maximum absolute atomic E-state index is 11.8. The van der Waals surface area contributed by atoms with Crippen LogP contribution < -0.4 is 5.32 Å². The second-order valence-electron chi connectivity index (χ2n) is 6.39. The molecule has 3 rings (SSSR count). The maximum atomic E-state index is 11.8. The van der Waals surface area contributed by atoms with Crippen molar-refractivity contribution < 1.29 is 4.79 Å². The van der Waals surface area contributed by atoms with Crippen molar-refractivity contribution in [2.24, 2.45) is 0 Å². The van der Waals surface area contributed by atoms with Gasteiger partial charge in [-0.1, -0.05) is 29.8 Å². The highest BCUT2D eigenvalue weighted by Gasteiger charge is 2.16. The normalized spacial score (nSPS) is 11.0. The molecule has 1 heterocycles. The summed E-state index contributed by atoms with van der Waals surface area (Å²) in [6, 6.07) is 17.3. The lowest BCUT2D eigenvalue weighted by atomic mass is 10.2. The molecule has 0 aliphatic carbocycles. The lowest BCUT2D eigenvalue weighted by Gasteiger charge is -2.15. The molecular formula is C20H22ClN5OS. The van der Waals surface area contributed by atoms with Gasteiger partial charge in [-0.2, -0.15) is 0 Å². The summed E-state index contributed by atoms with van der Waals surface area (Å²) < 4.78 is 4.21. The minimum Gasteiger partial charge on any atom is -0.355 e. The van der Waals surface area contributed by atoms with Crippen LogP contribution in [-0.2, 0) is 11.5 Å². The molecule has 28 heavy (non-hydrogen) atoms. The highest BCUT2D eigenvalue weighted by atomic mass is 35.5. The van der Waals surface area contributed by atoms with Gasteiger partial charge < -0.3 is 5.32 Å². The van der Waals surface area contributed by atoms with E-state index in [1.54, 1.807) is 4.68 Å². The Morgan fingerprint density at radius 3 is 2.50 bits per heavy atom. The standard InChI is InChI=1S/C20H22ClN5OS/c1-3-22-18(27)13-24(2)14-25-20(28)26(17-7-5-4-6-8-17)19(23-25)15-9-11-16(21)12-10-15/h4-12H,3,13-14H2,1-2H3,(H,22,27). The minimum absolute atomic E-state index is 0.0306. The van der Waals surface area contributed by atoms with Crippen LogP contribution in [0.1, 0.15) is 6.92 Å². The summed E-state index contributed by atoms with van der Waals surface area (Å²) in [5.74, 6) is 0.691. The Hall–Kier alpha value is -2.48. The van der Waals surface area contributed by atoms with Crippen LogP contribution in [0.5, 0.6) is 0 Å². The van der Waals surface area contributed by atoms with Crippen molar-refractivity contribution in [3.63, 3.8) is 0 Å². The van der Waals surface area contributed by atoms with Crippen molar-refractivity contribution in [1.82, 2.24) is 24.6 Å². The van der Waals surface area contributed by atoms with Crippen molar-refractivity contribution in [1.29, 1.82) is 0 Å². The Kier molecular flexibility index (Phi) is 6.61. The number of rotatable bonds is 7. The van der Waals surface area contributed by atoms with Crippen molar-refractivity contribution in [2.75, 3.05) is 20.1 Å². The van der Waals surface area contributed by atoms with Crippen LogP contribution in [0.2, 0.25) is 5.02 Å². The summed E-state index contributed by atoms with van der Waals surface area (Å²) in [4.78, 5) is 13.7. The number of hydrogen-bond acceptors (Lipinski definition) is 4. The molecular weight excluding hydrogens is 394 g/mol. The number of carbonyl (C=O) groups is 1. The van der Waals surface area contributed by atoms with E-state index < -0.39 is 0 Å². The second-order valence-corrected chi connectivity index (χ2v) is 7.19. The topological polar surface area (TPSA) is 55.1 Å². The molecule has 0 spiro atoms. The Bertz CT molecular complexity index is 998. The molecule has 1 amide bonds. The van der Waals surface area contributed by atoms with E-state index in [-0.39, 0.29) is 12.5 Å². The third-order valence-corrected chi connectivity index (χ3v) is 4.76. The van der Waals surface area contributed by atoms with E-state index in [4.69, 9.17) is 28.9 Å². The van der Waals surface area contributed by atoms with Gasteiger partial charge in [-0.25, -0.2) is 4.68 Å². The summed E-state index contributed by atoms with van der Waals surface area (Å²) in [6.07, 6.45) is 0. The predicted octanol–water partition coefficient (Wildman–Crippen LogP) is 3.75. The fraction of sp³-hybridized carbons (Fsp3) is 0.250. The Labute approximate surface area is 174 Å². The van der Waals surface area contributed by atoms with Gasteiger partial charge in [-0.15, -0.1) is 5.10 Å². The molecule has 0 aliphatic rings. The average Bonchev–Trinajstić information content (AvgIpc) is 2.99. The van der Waals surface area contributed by atoms with Crippen LogP contribution in [0.4, 0.5) is 0 Å². The molecule has 0 fully saturated rings. The summed E-state index contributed by atoms with van der Waals surface area (Å²) in [7, 11) is 1.86. The monoisotopic (exact) mass is 415 g/mol. The lowest BCUT2D eigenvalue weighted by Crippen LogP contribution is -2.36. The number of nitrogens with one attached hydrogen (secondary N) is 1. The van der Waals surface area contributed by atoms with E-state index in [9.17, 15) is 4.79 Å². The van der Waals surface area contributed by atoms with Gasteiger partial charge in [0.25, 0.3) is 0 Å². The molecule has 0 atom stereocenters. The van der Waals surface area contributed by atoms with Crippen LogP contribution in [0, 0.1) is 4.77 Å². The fourth-order valence-electron chi connectivity index (χ4n) is 2.87. The molecule has 0 saturated heterocycles. The molecule has 1 aromatic heterocycles. The van der Waals surface area contributed by atoms with Gasteiger partial charge >= 0.3 is 0 Å². The number of para-hydroxylation sites is 1. The molecule has 0 bridgehead atoms. The number of amides is 1. The van der Waals surface area contributed by atoms with Gasteiger partial charge in [0.2, 0.25) is 10.7 Å². The first-order chi connectivity index (χ1) is 13.5. The largest absolute Gasteiger partial charge is 0.355 e. The second kappa shape index (κ2) is 9.14. The van der Waals surface area contributed by atoms with Crippen molar-refractivity contribution in [3.05, 3.63) is 64.4 Å². The van der Waals surface area contributed by atoms with Crippen LogP contribution in [0.25, 0.3) is 17.1 Å². The van der Waals surface area contributed by atoms with E-state index in [0.29, 0.717) is 23.0 Å². The van der Waals surface area contributed by atoms with Crippen LogP contribution in [-0.4, -0.2) is 45.3 Å². The first-order valence-electron chi connectivity index (χ1n) is 8.96. The minimum atomic E-state index is -0.0306. The van der Waals surface area contributed by atoms with E-state index in [1.165, 1.54) is 0 Å². The molecule has 0 unspecified atom stereocenters. The van der Waals surface area contributed by atoms with Gasteiger partial charge in [-0.05, 0) is 62.6 Å². The highest BCUT2D eigenvalue weighted by Crippen LogP contribution is 2.24. The smallest absolute Gasteiger partial charge is 0.234 e. The fourth-order valence-corrected chi connectivity index (χ4v) is 3.29. The van der Waals surface area contributed by atoms with E-state index in [2.05, 4.69) is 5.32 Å². The molecule has 1 N–H and O–H groups in total. The zero-order chi connectivity index (χ0) is 20.1. The van der Waals surface area contributed by atoms with Crippen LogP contribution in [0.3, 0.4) is 0 Å². The third-order valence-electron chi connectivity index (χ3n) is 4.12. The first kappa shape index (κ1) is 20.3. The average molecular weight is 416 g/mol. The van der Waals surface area contributed by atoms with Gasteiger partial charge in [0, 0.05) is 22.8 Å². The Morgan fingerprint density at radius 1 is 1.18 bits per heavy atom. The summed E-state index contributed by atoms with van der Waals surface area (Å²) >= 11 is 11.8. The van der Waals surface area contributed by atoms with Gasteiger partial charge in [-0.3, -0.25) is 14.3 Å². The molecule has 0 radical (unpaired) electrons. The Balaban J connectivity index is 2.00. The Morgan fingerprint density at radius 2 is 1.86 bits per heavy atom. The van der Waals surface area contributed by atoms with E-state index >= 15 is 0 Å². The zero-order valence-electron chi connectivity index (χ0n) is 15.8. The third kappa shape index (κ3) is 4.67. The highest BCUT2D eigenvalue weighted by molar-refractivity contribution is 7.71. The van der Waals surface area contributed by atoms with E-state index in [0.717, 1.165) is 17.1 Å². The van der Waals surface area contributed by atoms with Gasteiger partial charge in [0.15, 0.2) is 5.82 Å². The molecule has 0 saturated carbocycles. The molecule has 3 aromatic rings. The number of halogens is 1. The number of likely N-dealkylation sites (N-methyl/N-ethyl adjacent to an activating group) is 2. The molecule has 8 heteroatoms. The molecule has 146 valence electrons. The number of nitrogens with zero attached hydrogens (tertiary/aromatic N) is 4. The zero-order valence-corrected chi connectivity index (χ0v) is 17.4. The first-order valence-corrected chi connectivity index (χ1v) is 9.74. The summed E-state index contributed by atoms with van der Waals surface area (Å²) in [5, 5.41) is 8.20. The molecule has 2 aromatic carbocycles. The number of aromatic nitrogens is 3. The number of carbonyl (C=O) groups excluding carboxylic acids is 1. The lowest BCUT2D eigenvalue weighted by molar-refractivity contribution is -0.122. The van der Waals surface area contributed by atoms with E-state index in [1.807, 2.05) is 78.0 Å². The van der Waals surface area contributed by atoms with Crippen molar-refractivity contribution in [3.8, 4) is 17.1 Å². The maximum Gasteiger partial charge on any atom is 0.234 e. The summed E-state index contributed by atoms with van der Waals surface area (Å²) in [5.41, 5.74) is 1.83. The SMILES string of the molecule is CCNC(=O)CN(C)Cn1nc(-c2ccc(Cl)cc2)n(-c2ccccc2)c1=S. The van der Waals surface area contributed by atoms with Crippen LogP contribution >= 0.6 is 23.8 Å². The molecule has 0 aliphatic heterocycles. The van der Waals surface area contributed by atoms with Gasteiger partial charge in [0.1, 0.15) is 0 Å². The van der Waals surface area contributed by atoms with Gasteiger partial charge in [0.05, 0.1) is 13.2 Å². The quantitative estimate of drug-likeness (QED) is 0.597. The van der Waals surface area contributed by atoms with Crippen LogP contribution in [0.15, 0.2) is 54.6 Å². The number of benzene rings is 2. The molecule has 6 nitrogen and oxygen atoms in total. The number of hydrogen-bond donors (Lipinski definition) is 1. The predicted molar refractivity (Wildman–Crippen MR) is 114 cm³/mol.